The molecule has 0 unspecified atom stereocenters. The SMILES string of the molecule is Cc1ccc(CNC(=O)c2cccc(OCC(=O)O)c2)c(OCC2CC2)c1. The number of carbonyl (C=O) groups excluding carboxylic acids is 1. The highest BCUT2D eigenvalue weighted by molar-refractivity contribution is 5.94. The number of rotatable bonds is 9. The van der Waals surface area contributed by atoms with Gasteiger partial charge in [-0.1, -0.05) is 18.2 Å². The van der Waals surface area contributed by atoms with Gasteiger partial charge < -0.3 is 19.9 Å². The summed E-state index contributed by atoms with van der Waals surface area (Å²) < 4.78 is 11.0. The van der Waals surface area contributed by atoms with E-state index < -0.39 is 12.6 Å². The maximum atomic E-state index is 12.4. The Morgan fingerprint density at radius 1 is 1.15 bits per heavy atom. The topological polar surface area (TPSA) is 84.9 Å². The number of hydrogen-bond donors (Lipinski definition) is 2. The molecule has 6 heteroatoms. The average Bonchev–Trinajstić information content (AvgIpc) is 3.48. The lowest BCUT2D eigenvalue weighted by Crippen LogP contribution is -2.23. The molecule has 0 bridgehead atoms. The molecule has 0 spiro atoms. The van der Waals surface area contributed by atoms with Gasteiger partial charge in [-0.3, -0.25) is 4.79 Å². The summed E-state index contributed by atoms with van der Waals surface area (Å²) in [7, 11) is 0. The lowest BCUT2D eigenvalue weighted by molar-refractivity contribution is -0.139. The van der Waals surface area contributed by atoms with Crippen LogP contribution in [0, 0.1) is 12.8 Å². The van der Waals surface area contributed by atoms with Gasteiger partial charge in [-0.05, 0) is 55.5 Å². The number of aliphatic carboxylic acids is 1. The van der Waals surface area contributed by atoms with Crippen LogP contribution in [0.5, 0.6) is 11.5 Å². The smallest absolute Gasteiger partial charge is 0.341 e. The zero-order chi connectivity index (χ0) is 19.2. The fourth-order valence-corrected chi connectivity index (χ4v) is 2.58. The summed E-state index contributed by atoms with van der Waals surface area (Å²) in [6, 6.07) is 12.4. The van der Waals surface area contributed by atoms with E-state index in [9.17, 15) is 9.59 Å². The van der Waals surface area contributed by atoms with Gasteiger partial charge in [0.2, 0.25) is 0 Å². The van der Waals surface area contributed by atoms with Gasteiger partial charge in [-0.2, -0.15) is 0 Å². The fraction of sp³-hybridized carbons (Fsp3) is 0.333. The van der Waals surface area contributed by atoms with Gasteiger partial charge in [-0.25, -0.2) is 4.79 Å². The van der Waals surface area contributed by atoms with Crippen LogP contribution in [0.4, 0.5) is 0 Å². The van der Waals surface area contributed by atoms with E-state index in [0.29, 0.717) is 30.4 Å². The molecule has 1 fully saturated rings. The molecule has 0 aromatic heterocycles. The second-order valence-electron chi connectivity index (χ2n) is 6.76. The van der Waals surface area contributed by atoms with Gasteiger partial charge in [0.05, 0.1) is 6.61 Å². The minimum atomic E-state index is -1.07. The van der Waals surface area contributed by atoms with Gasteiger partial charge in [0.15, 0.2) is 6.61 Å². The molecule has 0 heterocycles. The Balaban J connectivity index is 1.61. The highest BCUT2D eigenvalue weighted by Gasteiger charge is 2.22. The molecule has 27 heavy (non-hydrogen) atoms. The quantitative estimate of drug-likeness (QED) is 0.709. The van der Waals surface area contributed by atoms with E-state index in [2.05, 4.69) is 5.32 Å². The van der Waals surface area contributed by atoms with Crippen molar-refractivity contribution in [2.75, 3.05) is 13.2 Å². The first-order valence-electron chi connectivity index (χ1n) is 8.96. The Labute approximate surface area is 158 Å². The van der Waals surface area contributed by atoms with Crippen LogP contribution < -0.4 is 14.8 Å². The number of ether oxygens (including phenoxy) is 2. The van der Waals surface area contributed by atoms with Crippen LogP contribution in [0.25, 0.3) is 0 Å². The Hall–Kier alpha value is -3.02. The molecule has 2 aromatic carbocycles. The van der Waals surface area contributed by atoms with Gasteiger partial charge >= 0.3 is 5.97 Å². The average molecular weight is 369 g/mol. The number of amides is 1. The van der Waals surface area contributed by atoms with E-state index in [-0.39, 0.29) is 5.91 Å². The summed E-state index contributed by atoms with van der Waals surface area (Å²) in [4.78, 5) is 23.0. The van der Waals surface area contributed by atoms with Crippen LogP contribution in [0.15, 0.2) is 42.5 Å². The summed E-state index contributed by atoms with van der Waals surface area (Å²) in [5.74, 6) is 0.475. The molecule has 0 aliphatic heterocycles. The third kappa shape index (κ3) is 5.74. The van der Waals surface area contributed by atoms with Crippen LogP contribution in [0.1, 0.15) is 34.3 Å². The predicted molar refractivity (Wildman–Crippen MR) is 100 cm³/mol. The Kier molecular flexibility index (Phi) is 5.96. The van der Waals surface area contributed by atoms with E-state index in [0.717, 1.165) is 16.9 Å². The Bertz CT molecular complexity index is 829. The van der Waals surface area contributed by atoms with Crippen molar-refractivity contribution in [2.45, 2.75) is 26.3 Å². The Morgan fingerprint density at radius 2 is 1.96 bits per heavy atom. The van der Waals surface area contributed by atoms with Crippen LogP contribution in [0.3, 0.4) is 0 Å². The van der Waals surface area contributed by atoms with Crippen molar-refractivity contribution in [3.63, 3.8) is 0 Å². The molecule has 0 saturated heterocycles. The first kappa shape index (κ1) is 18.8. The summed E-state index contributed by atoms with van der Waals surface area (Å²) in [5.41, 5.74) is 2.44. The lowest BCUT2D eigenvalue weighted by atomic mass is 10.1. The van der Waals surface area contributed by atoms with Crippen LogP contribution in [0.2, 0.25) is 0 Å². The second-order valence-corrected chi connectivity index (χ2v) is 6.76. The number of benzene rings is 2. The number of hydrogen-bond acceptors (Lipinski definition) is 4. The van der Waals surface area contributed by atoms with Gasteiger partial charge in [0.1, 0.15) is 11.5 Å². The van der Waals surface area contributed by atoms with Crippen molar-refractivity contribution in [1.82, 2.24) is 5.32 Å². The molecule has 1 amide bonds. The molecule has 142 valence electrons. The molecule has 3 rings (SSSR count). The molecule has 2 aromatic rings. The molecule has 1 aliphatic rings. The third-order valence-electron chi connectivity index (χ3n) is 4.29. The molecule has 0 atom stereocenters. The van der Waals surface area contributed by atoms with Crippen molar-refractivity contribution >= 4 is 11.9 Å². The van der Waals surface area contributed by atoms with E-state index in [1.807, 2.05) is 25.1 Å². The van der Waals surface area contributed by atoms with Crippen LogP contribution in [-0.4, -0.2) is 30.2 Å². The lowest BCUT2D eigenvalue weighted by Gasteiger charge is -2.13. The maximum absolute atomic E-state index is 12.4. The van der Waals surface area contributed by atoms with E-state index in [1.54, 1.807) is 18.2 Å². The zero-order valence-electron chi connectivity index (χ0n) is 15.2. The maximum Gasteiger partial charge on any atom is 0.341 e. The fourth-order valence-electron chi connectivity index (χ4n) is 2.58. The molecule has 6 nitrogen and oxygen atoms in total. The van der Waals surface area contributed by atoms with Crippen molar-refractivity contribution in [3.05, 3.63) is 59.2 Å². The van der Waals surface area contributed by atoms with Crippen molar-refractivity contribution < 1.29 is 24.2 Å². The highest BCUT2D eigenvalue weighted by atomic mass is 16.5. The largest absolute Gasteiger partial charge is 0.493 e. The second kappa shape index (κ2) is 8.58. The van der Waals surface area contributed by atoms with Gasteiger partial charge in [0, 0.05) is 17.7 Å². The molecular formula is C21H23NO5. The van der Waals surface area contributed by atoms with Gasteiger partial charge in [0.25, 0.3) is 5.91 Å². The molecular weight excluding hydrogens is 346 g/mol. The van der Waals surface area contributed by atoms with Gasteiger partial charge in [-0.15, -0.1) is 0 Å². The van der Waals surface area contributed by atoms with Crippen molar-refractivity contribution in [2.24, 2.45) is 5.92 Å². The van der Waals surface area contributed by atoms with Crippen LogP contribution >= 0.6 is 0 Å². The third-order valence-corrected chi connectivity index (χ3v) is 4.29. The number of nitrogens with one attached hydrogen (secondary N) is 1. The normalized spacial score (nSPS) is 13.1. The van der Waals surface area contributed by atoms with E-state index in [1.165, 1.54) is 18.9 Å². The Morgan fingerprint density at radius 3 is 2.70 bits per heavy atom. The van der Waals surface area contributed by atoms with Crippen molar-refractivity contribution in [3.8, 4) is 11.5 Å². The minimum Gasteiger partial charge on any atom is -0.493 e. The standard InChI is InChI=1S/C21H23NO5/c1-14-5-8-17(19(9-14)27-12-15-6-7-15)11-22-21(25)16-3-2-4-18(10-16)26-13-20(23)24/h2-5,8-10,15H,6-7,11-13H2,1H3,(H,22,25)(H,23,24). The molecule has 1 aliphatic carbocycles. The first-order chi connectivity index (χ1) is 13.0. The molecule has 0 radical (unpaired) electrons. The summed E-state index contributed by atoms with van der Waals surface area (Å²) in [6.07, 6.45) is 2.44. The number of carbonyl (C=O) groups is 2. The number of carboxylic acids is 1. The number of aryl methyl sites for hydroxylation is 1. The predicted octanol–water partition coefficient (Wildman–Crippen LogP) is 3.18. The van der Waals surface area contributed by atoms with E-state index in [4.69, 9.17) is 14.6 Å². The van der Waals surface area contributed by atoms with Crippen LogP contribution in [-0.2, 0) is 11.3 Å². The molecule has 1 saturated carbocycles. The highest BCUT2D eigenvalue weighted by Crippen LogP contribution is 2.30. The minimum absolute atomic E-state index is 0.260. The molecule has 2 N–H and O–H groups in total. The summed E-state index contributed by atoms with van der Waals surface area (Å²) >= 11 is 0. The monoisotopic (exact) mass is 369 g/mol. The summed E-state index contributed by atoms with van der Waals surface area (Å²) in [6.45, 7) is 2.62. The number of carboxylic acid groups (broad SMARTS) is 1. The van der Waals surface area contributed by atoms with Crippen molar-refractivity contribution in [1.29, 1.82) is 0 Å². The summed E-state index contributed by atoms with van der Waals surface area (Å²) in [5, 5.41) is 11.6. The van der Waals surface area contributed by atoms with E-state index >= 15 is 0 Å². The zero-order valence-corrected chi connectivity index (χ0v) is 15.2. The first-order valence-corrected chi connectivity index (χ1v) is 8.96.